The van der Waals surface area contributed by atoms with E-state index in [-0.39, 0.29) is 12.6 Å². The topological polar surface area (TPSA) is 61.8 Å². The summed E-state index contributed by atoms with van der Waals surface area (Å²) in [6.07, 6.45) is 0. The van der Waals surface area contributed by atoms with Crippen LogP contribution in [0.5, 0.6) is 5.75 Å². The fourth-order valence-electron chi connectivity index (χ4n) is 2.55. The molecule has 0 unspecified atom stereocenters. The number of urea groups is 1. The SMILES string of the molecule is CCN(CCO)C(=O)Nc1ccc(OCc2cccc(C)c2)cc1C. The molecule has 0 saturated heterocycles. The monoisotopic (exact) mass is 342 g/mol. The second-order valence-corrected chi connectivity index (χ2v) is 5.99. The summed E-state index contributed by atoms with van der Waals surface area (Å²) in [6.45, 7) is 7.18. The first kappa shape index (κ1) is 18.8. The molecule has 0 saturated carbocycles. The van der Waals surface area contributed by atoms with Crippen LogP contribution in [0.4, 0.5) is 10.5 Å². The summed E-state index contributed by atoms with van der Waals surface area (Å²) in [5.41, 5.74) is 4.00. The highest BCUT2D eigenvalue weighted by molar-refractivity contribution is 5.90. The Morgan fingerprint density at radius 2 is 2.00 bits per heavy atom. The van der Waals surface area contributed by atoms with Crippen LogP contribution in [0.15, 0.2) is 42.5 Å². The molecule has 0 radical (unpaired) electrons. The second-order valence-electron chi connectivity index (χ2n) is 5.99. The molecule has 2 rings (SSSR count). The summed E-state index contributed by atoms with van der Waals surface area (Å²) in [6, 6.07) is 13.6. The Morgan fingerprint density at radius 1 is 1.20 bits per heavy atom. The Hall–Kier alpha value is -2.53. The fourth-order valence-corrected chi connectivity index (χ4v) is 2.55. The number of aliphatic hydroxyl groups excluding tert-OH is 1. The van der Waals surface area contributed by atoms with Crippen LogP contribution in [0.2, 0.25) is 0 Å². The van der Waals surface area contributed by atoms with E-state index in [0.29, 0.717) is 19.7 Å². The van der Waals surface area contributed by atoms with Crippen LogP contribution in [-0.4, -0.2) is 35.7 Å². The molecule has 0 bridgehead atoms. The highest BCUT2D eigenvalue weighted by atomic mass is 16.5. The summed E-state index contributed by atoms with van der Waals surface area (Å²) < 4.78 is 5.84. The molecule has 2 aromatic carbocycles. The van der Waals surface area contributed by atoms with Crippen molar-refractivity contribution >= 4 is 11.7 Å². The largest absolute Gasteiger partial charge is 0.489 e. The molecule has 2 amide bonds. The van der Waals surface area contributed by atoms with E-state index in [1.807, 2.05) is 44.2 Å². The number of ether oxygens (including phenoxy) is 1. The maximum absolute atomic E-state index is 12.2. The smallest absolute Gasteiger partial charge is 0.321 e. The van der Waals surface area contributed by atoms with Gasteiger partial charge in [0.25, 0.3) is 0 Å². The van der Waals surface area contributed by atoms with Gasteiger partial charge in [-0.3, -0.25) is 0 Å². The molecule has 0 atom stereocenters. The number of hydrogen-bond acceptors (Lipinski definition) is 3. The molecule has 2 aromatic rings. The number of hydrogen-bond donors (Lipinski definition) is 2. The standard InChI is InChI=1S/C20H26N2O3/c1-4-22(10-11-23)20(24)21-19-9-8-18(13-16(19)3)25-14-17-7-5-6-15(2)12-17/h5-9,12-13,23H,4,10-11,14H2,1-3H3,(H,21,24). The molecule has 0 aliphatic rings. The molecule has 5 nitrogen and oxygen atoms in total. The Morgan fingerprint density at radius 3 is 2.64 bits per heavy atom. The average molecular weight is 342 g/mol. The van der Waals surface area contributed by atoms with Gasteiger partial charge in [-0.25, -0.2) is 4.79 Å². The van der Waals surface area contributed by atoms with Crippen molar-refractivity contribution in [3.63, 3.8) is 0 Å². The van der Waals surface area contributed by atoms with Crippen molar-refractivity contribution in [2.75, 3.05) is 25.0 Å². The minimum Gasteiger partial charge on any atom is -0.489 e. The minimum absolute atomic E-state index is 0.0496. The van der Waals surface area contributed by atoms with E-state index in [1.165, 1.54) is 5.56 Å². The van der Waals surface area contributed by atoms with E-state index >= 15 is 0 Å². The van der Waals surface area contributed by atoms with Crippen LogP contribution in [0.3, 0.4) is 0 Å². The lowest BCUT2D eigenvalue weighted by Gasteiger charge is -2.21. The van der Waals surface area contributed by atoms with Gasteiger partial charge < -0.3 is 20.1 Å². The number of likely N-dealkylation sites (N-methyl/N-ethyl adjacent to an activating group) is 1. The molecule has 0 aliphatic carbocycles. The zero-order chi connectivity index (χ0) is 18.2. The highest BCUT2D eigenvalue weighted by Gasteiger charge is 2.12. The first-order chi connectivity index (χ1) is 12.0. The maximum atomic E-state index is 12.2. The van der Waals surface area contributed by atoms with Crippen molar-refractivity contribution in [2.24, 2.45) is 0 Å². The van der Waals surface area contributed by atoms with Gasteiger partial charge in [0.05, 0.1) is 6.61 Å². The van der Waals surface area contributed by atoms with Crippen LogP contribution < -0.4 is 10.1 Å². The first-order valence-corrected chi connectivity index (χ1v) is 8.49. The predicted octanol–water partition coefficient (Wildman–Crippen LogP) is 3.73. The van der Waals surface area contributed by atoms with E-state index < -0.39 is 0 Å². The predicted molar refractivity (Wildman–Crippen MR) is 100 cm³/mol. The number of aryl methyl sites for hydroxylation is 2. The first-order valence-electron chi connectivity index (χ1n) is 8.49. The van der Waals surface area contributed by atoms with Gasteiger partial charge in [0.15, 0.2) is 0 Å². The van der Waals surface area contributed by atoms with Crippen molar-refractivity contribution in [3.05, 3.63) is 59.2 Å². The lowest BCUT2D eigenvalue weighted by Crippen LogP contribution is -2.36. The Labute approximate surface area is 149 Å². The van der Waals surface area contributed by atoms with Crippen molar-refractivity contribution < 1.29 is 14.6 Å². The number of benzene rings is 2. The normalized spacial score (nSPS) is 10.4. The summed E-state index contributed by atoms with van der Waals surface area (Å²) in [4.78, 5) is 13.7. The quantitative estimate of drug-likeness (QED) is 0.806. The average Bonchev–Trinajstić information content (AvgIpc) is 2.60. The Kier molecular flexibility index (Phi) is 6.83. The van der Waals surface area contributed by atoms with Gasteiger partial charge in [-0.1, -0.05) is 29.8 Å². The molecule has 134 valence electrons. The van der Waals surface area contributed by atoms with Gasteiger partial charge in [-0.05, 0) is 50.1 Å². The molecule has 0 aromatic heterocycles. The minimum atomic E-state index is -0.215. The molecular weight excluding hydrogens is 316 g/mol. The number of carbonyl (C=O) groups excluding carboxylic acids is 1. The van der Waals surface area contributed by atoms with Crippen LogP contribution >= 0.6 is 0 Å². The number of aliphatic hydroxyl groups is 1. The van der Waals surface area contributed by atoms with Crippen molar-refractivity contribution in [1.29, 1.82) is 0 Å². The van der Waals surface area contributed by atoms with Crippen molar-refractivity contribution in [1.82, 2.24) is 4.90 Å². The Bertz CT molecular complexity index is 716. The summed E-state index contributed by atoms with van der Waals surface area (Å²) in [5.74, 6) is 0.764. The third-order valence-electron chi connectivity index (χ3n) is 3.97. The zero-order valence-corrected chi connectivity index (χ0v) is 15.1. The molecule has 0 spiro atoms. The van der Waals surface area contributed by atoms with E-state index in [2.05, 4.69) is 24.4 Å². The van der Waals surface area contributed by atoms with Crippen LogP contribution in [-0.2, 0) is 6.61 Å². The third kappa shape index (κ3) is 5.50. The van der Waals surface area contributed by atoms with Gasteiger partial charge >= 0.3 is 6.03 Å². The van der Waals surface area contributed by atoms with Crippen molar-refractivity contribution in [3.8, 4) is 5.75 Å². The lowest BCUT2D eigenvalue weighted by atomic mass is 10.1. The summed E-state index contributed by atoms with van der Waals surface area (Å²) in [7, 11) is 0. The molecule has 25 heavy (non-hydrogen) atoms. The number of nitrogens with zero attached hydrogens (tertiary/aromatic N) is 1. The number of rotatable bonds is 7. The van der Waals surface area contributed by atoms with E-state index in [1.54, 1.807) is 4.90 Å². The third-order valence-corrected chi connectivity index (χ3v) is 3.97. The number of amides is 2. The van der Waals surface area contributed by atoms with Gasteiger partial charge in [0.2, 0.25) is 0 Å². The number of nitrogens with one attached hydrogen (secondary N) is 1. The van der Waals surface area contributed by atoms with Gasteiger partial charge in [-0.15, -0.1) is 0 Å². The van der Waals surface area contributed by atoms with Crippen LogP contribution in [0.25, 0.3) is 0 Å². The van der Waals surface area contributed by atoms with E-state index in [4.69, 9.17) is 9.84 Å². The maximum Gasteiger partial charge on any atom is 0.321 e. The highest BCUT2D eigenvalue weighted by Crippen LogP contribution is 2.22. The van der Waals surface area contributed by atoms with Crippen LogP contribution in [0, 0.1) is 13.8 Å². The Balaban J connectivity index is 1.99. The molecule has 0 aliphatic heterocycles. The summed E-state index contributed by atoms with van der Waals surface area (Å²) in [5, 5.41) is 11.9. The molecule has 2 N–H and O–H groups in total. The molecule has 0 heterocycles. The number of carbonyl (C=O) groups is 1. The molecular formula is C20H26N2O3. The molecule has 5 heteroatoms. The van der Waals surface area contributed by atoms with Crippen molar-refractivity contribution in [2.45, 2.75) is 27.4 Å². The zero-order valence-electron chi connectivity index (χ0n) is 15.1. The second kappa shape index (κ2) is 9.08. The van der Waals surface area contributed by atoms with Gasteiger partial charge in [0, 0.05) is 18.8 Å². The van der Waals surface area contributed by atoms with E-state index in [0.717, 1.165) is 22.6 Å². The van der Waals surface area contributed by atoms with Gasteiger partial charge in [-0.2, -0.15) is 0 Å². The van der Waals surface area contributed by atoms with E-state index in [9.17, 15) is 4.79 Å². The number of anilines is 1. The fraction of sp³-hybridized carbons (Fsp3) is 0.350. The van der Waals surface area contributed by atoms with Crippen LogP contribution in [0.1, 0.15) is 23.6 Å². The van der Waals surface area contributed by atoms with Gasteiger partial charge in [0.1, 0.15) is 12.4 Å². The molecule has 0 fully saturated rings. The summed E-state index contributed by atoms with van der Waals surface area (Å²) >= 11 is 0. The lowest BCUT2D eigenvalue weighted by molar-refractivity contribution is 0.192.